The van der Waals surface area contributed by atoms with E-state index in [0.29, 0.717) is 18.7 Å². The number of anilines is 2. The van der Waals surface area contributed by atoms with E-state index < -0.39 is 0 Å². The Bertz CT molecular complexity index is 789. The molecule has 0 unspecified atom stereocenters. The Labute approximate surface area is 147 Å². The highest BCUT2D eigenvalue weighted by Crippen LogP contribution is 2.12. The predicted molar refractivity (Wildman–Crippen MR) is 99.2 cm³/mol. The van der Waals surface area contributed by atoms with Crippen LogP contribution in [0.4, 0.5) is 11.5 Å². The molecule has 0 aliphatic rings. The van der Waals surface area contributed by atoms with Gasteiger partial charge in [-0.1, -0.05) is 36.4 Å². The number of carbonyl (C=O) groups is 1. The molecule has 3 aromatic rings. The van der Waals surface area contributed by atoms with Crippen LogP contribution in [0.1, 0.15) is 17.5 Å². The van der Waals surface area contributed by atoms with Crippen molar-refractivity contribution in [2.45, 2.75) is 19.4 Å². The van der Waals surface area contributed by atoms with Crippen molar-refractivity contribution in [1.82, 2.24) is 9.97 Å². The maximum atomic E-state index is 12.0. The minimum Gasteiger partial charge on any atom is -0.366 e. The lowest BCUT2D eigenvalue weighted by atomic mass is 10.1. The molecule has 3 rings (SSSR count). The summed E-state index contributed by atoms with van der Waals surface area (Å²) in [6.07, 6.45) is 6.40. The standard InChI is InChI=1S/C20H20N4O/c25-20(11-8-16-5-2-1-3-6-16)24-18-9-10-19(23-15-18)22-14-17-7-4-12-21-13-17/h1-7,9-10,12-13,15H,8,11,14H2,(H,22,23)(H,24,25). The van der Waals surface area contributed by atoms with E-state index >= 15 is 0 Å². The molecule has 2 N–H and O–H groups in total. The van der Waals surface area contributed by atoms with Crippen molar-refractivity contribution in [3.05, 3.63) is 84.3 Å². The number of benzene rings is 1. The highest BCUT2D eigenvalue weighted by molar-refractivity contribution is 5.90. The second-order valence-corrected chi connectivity index (χ2v) is 5.68. The van der Waals surface area contributed by atoms with E-state index in [0.717, 1.165) is 23.4 Å². The highest BCUT2D eigenvalue weighted by atomic mass is 16.1. The van der Waals surface area contributed by atoms with Crippen LogP contribution in [0.15, 0.2) is 73.2 Å². The first kappa shape index (κ1) is 16.6. The molecule has 126 valence electrons. The Morgan fingerprint density at radius 3 is 2.48 bits per heavy atom. The third-order valence-corrected chi connectivity index (χ3v) is 3.73. The first-order valence-electron chi connectivity index (χ1n) is 8.22. The molecule has 2 aromatic heterocycles. The van der Waals surface area contributed by atoms with Crippen molar-refractivity contribution in [3.8, 4) is 0 Å². The van der Waals surface area contributed by atoms with E-state index in [-0.39, 0.29) is 5.91 Å². The van der Waals surface area contributed by atoms with Crippen molar-refractivity contribution >= 4 is 17.4 Å². The van der Waals surface area contributed by atoms with E-state index in [4.69, 9.17) is 0 Å². The SMILES string of the molecule is O=C(CCc1ccccc1)Nc1ccc(NCc2cccnc2)nc1. The molecule has 0 saturated carbocycles. The third-order valence-electron chi connectivity index (χ3n) is 3.73. The van der Waals surface area contributed by atoms with Crippen molar-refractivity contribution in [2.24, 2.45) is 0 Å². The van der Waals surface area contributed by atoms with Crippen molar-refractivity contribution in [3.63, 3.8) is 0 Å². The summed E-state index contributed by atoms with van der Waals surface area (Å²) in [7, 11) is 0. The molecule has 1 amide bonds. The summed E-state index contributed by atoms with van der Waals surface area (Å²) in [6, 6.07) is 17.6. The largest absolute Gasteiger partial charge is 0.366 e. The van der Waals surface area contributed by atoms with E-state index in [9.17, 15) is 4.79 Å². The second kappa shape index (κ2) is 8.59. The summed E-state index contributed by atoms with van der Waals surface area (Å²) < 4.78 is 0. The topological polar surface area (TPSA) is 66.9 Å². The minimum absolute atomic E-state index is 0.0123. The van der Waals surface area contributed by atoms with Crippen LogP contribution in [0, 0.1) is 0 Å². The predicted octanol–water partition coefficient (Wildman–Crippen LogP) is 3.66. The Hall–Kier alpha value is -3.21. The lowest BCUT2D eigenvalue weighted by Gasteiger charge is -2.08. The van der Waals surface area contributed by atoms with Crippen LogP contribution in [0.2, 0.25) is 0 Å². The summed E-state index contributed by atoms with van der Waals surface area (Å²) >= 11 is 0. The number of rotatable bonds is 7. The maximum absolute atomic E-state index is 12.0. The van der Waals surface area contributed by atoms with Gasteiger partial charge < -0.3 is 10.6 Å². The van der Waals surface area contributed by atoms with Crippen molar-refractivity contribution < 1.29 is 4.79 Å². The van der Waals surface area contributed by atoms with Gasteiger partial charge in [0.05, 0.1) is 11.9 Å². The van der Waals surface area contributed by atoms with E-state index in [1.165, 1.54) is 0 Å². The molecule has 0 bridgehead atoms. The Kier molecular flexibility index (Phi) is 5.72. The average Bonchev–Trinajstić information content (AvgIpc) is 2.67. The van der Waals surface area contributed by atoms with Gasteiger partial charge in [0.1, 0.15) is 5.82 Å². The molecule has 25 heavy (non-hydrogen) atoms. The van der Waals surface area contributed by atoms with Gasteiger partial charge in [-0.3, -0.25) is 9.78 Å². The quantitative estimate of drug-likeness (QED) is 0.693. The molecule has 0 saturated heterocycles. The van der Waals surface area contributed by atoms with Gasteiger partial charge in [0, 0.05) is 25.4 Å². The smallest absolute Gasteiger partial charge is 0.224 e. The molecule has 2 heterocycles. The third kappa shape index (κ3) is 5.42. The Balaban J connectivity index is 1.46. The number of nitrogens with zero attached hydrogens (tertiary/aromatic N) is 2. The second-order valence-electron chi connectivity index (χ2n) is 5.68. The van der Waals surface area contributed by atoms with Crippen LogP contribution in [0.25, 0.3) is 0 Å². The number of carbonyl (C=O) groups excluding carboxylic acids is 1. The van der Waals surface area contributed by atoms with Crippen molar-refractivity contribution in [2.75, 3.05) is 10.6 Å². The zero-order valence-corrected chi connectivity index (χ0v) is 13.9. The van der Waals surface area contributed by atoms with E-state index in [1.54, 1.807) is 12.4 Å². The molecular weight excluding hydrogens is 312 g/mol. The molecule has 0 spiro atoms. The number of aryl methyl sites for hydroxylation is 1. The van der Waals surface area contributed by atoms with Gasteiger partial charge >= 0.3 is 0 Å². The van der Waals surface area contributed by atoms with Crippen LogP contribution in [-0.4, -0.2) is 15.9 Å². The van der Waals surface area contributed by atoms with Gasteiger partial charge in [-0.25, -0.2) is 4.98 Å². The molecule has 0 radical (unpaired) electrons. The molecule has 5 heteroatoms. The van der Waals surface area contributed by atoms with E-state index in [2.05, 4.69) is 20.6 Å². The molecule has 0 atom stereocenters. The first-order chi connectivity index (χ1) is 12.3. The van der Waals surface area contributed by atoms with Gasteiger partial charge in [0.25, 0.3) is 0 Å². The summed E-state index contributed by atoms with van der Waals surface area (Å²) in [6.45, 7) is 0.656. The zero-order valence-electron chi connectivity index (χ0n) is 13.9. The van der Waals surface area contributed by atoms with Gasteiger partial charge in [0.2, 0.25) is 5.91 Å². The van der Waals surface area contributed by atoms with Gasteiger partial charge in [-0.15, -0.1) is 0 Å². The van der Waals surface area contributed by atoms with Crippen LogP contribution in [0.5, 0.6) is 0 Å². The summed E-state index contributed by atoms with van der Waals surface area (Å²) in [5.74, 6) is 0.743. The normalized spacial score (nSPS) is 10.2. The van der Waals surface area contributed by atoms with Gasteiger partial charge in [-0.2, -0.15) is 0 Å². The highest BCUT2D eigenvalue weighted by Gasteiger charge is 2.04. The fourth-order valence-electron chi connectivity index (χ4n) is 2.39. The number of nitrogens with one attached hydrogen (secondary N) is 2. The minimum atomic E-state index is -0.0123. The summed E-state index contributed by atoms with van der Waals surface area (Å²) in [4.78, 5) is 20.4. The monoisotopic (exact) mass is 332 g/mol. The number of pyridine rings is 2. The molecule has 1 aromatic carbocycles. The molecule has 5 nitrogen and oxygen atoms in total. The number of hydrogen-bond donors (Lipinski definition) is 2. The Morgan fingerprint density at radius 2 is 1.76 bits per heavy atom. The van der Waals surface area contributed by atoms with Gasteiger partial charge in [0.15, 0.2) is 0 Å². The zero-order chi connectivity index (χ0) is 17.3. The molecular formula is C20H20N4O. The van der Waals surface area contributed by atoms with Crippen LogP contribution in [-0.2, 0) is 17.8 Å². The fourth-order valence-corrected chi connectivity index (χ4v) is 2.39. The van der Waals surface area contributed by atoms with Crippen molar-refractivity contribution in [1.29, 1.82) is 0 Å². The van der Waals surface area contributed by atoms with Crippen LogP contribution in [0.3, 0.4) is 0 Å². The first-order valence-corrected chi connectivity index (χ1v) is 8.22. The number of aromatic nitrogens is 2. The van der Waals surface area contributed by atoms with Crippen LogP contribution < -0.4 is 10.6 Å². The molecule has 0 aliphatic carbocycles. The Morgan fingerprint density at radius 1 is 0.920 bits per heavy atom. The van der Waals surface area contributed by atoms with Crippen LogP contribution >= 0.6 is 0 Å². The number of amides is 1. The fraction of sp³-hybridized carbons (Fsp3) is 0.150. The summed E-state index contributed by atoms with van der Waals surface area (Å²) in [5.41, 5.74) is 2.94. The molecule has 0 fully saturated rings. The average molecular weight is 332 g/mol. The number of hydrogen-bond acceptors (Lipinski definition) is 4. The van der Waals surface area contributed by atoms with E-state index in [1.807, 2.05) is 60.8 Å². The summed E-state index contributed by atoms with van der Waals surface area (Å²) in [5, 5.41) is 6.10. The lowest BCUT2D eigenvalue weighted by Crippen LogP contribution is -2.12. The maximum Gasteiger partial charge on any atom is 0.224 e. The van der Waals surface area contributed by atoms with Gasteiger partial charge in [-0.05, 0) is 35.7 Å². The lowest BCUT2D eigenvalue weighted by molar-refractivity contribution is -0.116. The molecule has 0 aliphatic heterocycles.